The number of halogens is 3. The summed E-state index contributed by atoms with van der Waals surface area (Å²) in [5.74, 6) is -0.353. The molecule has 0 saturated heterocycles. The number of fused-ring (bicyclic) bond motifs is 1. The fourth-order valence-corrected chi connectivity index (χ4v) is 2.70. The maximum atomic E-state index is 12.3. The number of alkyl halides is 3. The average Bonchev–Trinajstić information content (AvgIpc) is 3.10. The zero-order chi connectivity index (χ0) is 19.3. The molecule has 3 rings (SSSR count). The lowest BCUT2D eigenvalue weighted by molar-refractivity contribution is -0.153. The summed E-state index contributed by atoms with van der Waals surface area (Å²) in [6.45, 7) is 0.272. The van der Waals surface area contributed by atoms with Gasteiger partial charge in [-0.15, -0.1) is 0 Å². The summed E-state index contributed by atoms with van der Waals surface area (Å²) in [4.78, 5) is 12.0. The first-order valence-corrected chi connectivity index (χ1v) is 8.40. The average molecular weight is 380 g/mol. The van der Waals surface area contributed by atoms with Gasteiger partial charge in [0.25, 0.3) is 5.91 Å². The van der Waals surface area contributed by atoms with Crippen molar-refractivity contribution in [2.75, 3.05) is 13.2 Å². The molecule has 1 aliphatic heterocycles. The number of rotatable bonds is 7. The molecule has 0 spiro atoms. The minimum absolute atomic E-state index is 0.0613. The summed E-state index contributed by atoms with van der Waals surface area (Å²) in [5.41, 5.74) is 3.44. The molecule has 0 fully saturated rings. The Morgan fingerprint density at radius 1 is 1.04 bits per heavy atom. The molecule has 0 radical (unpaired) electrons. The molecule has 0 unspecified atom stereocenters. The van der Waals surface area contributed by atoms with Crippen molar-refractivity contribution >= 4 is 5.91 Å². The molecule has 0 aliphatic carbocycles. The number of nitrogens with one attached hydrogen (secondary N) is 2. The van der Waals surface area contributed by atoms with Crippen LogP contribution in [0.4, 0.5) is 13.2 Å². The number of para-hydroxylation sites is 2. The third kappa shape index (κ3) is 5.62. The van der Waals surface area contributed by atoms with Gasteiger partial charge >= 0.3 is 6.18 Å². The first-order valence-electron chi connectivity index (χ1n) is 8.40. The van der Waals surface area contributed by atoms with Gasteiger partial charge in [-0.05, 0) is 28.8 Å². The SMILES string of the molecule is O=C(COc1ccccc1OCC(F)(F)F)NCc1ccc2c(c1)CNC2. The molecule has 8 heteroatoms. The molecule has 0 aromatic heterocycles. The highest BCUT2D eigenvalue weighted by atomic mass is 19.4. The lowest BCUT2D eigenvalue weighted by Crippen LogP contribution is -2.28. The second kappa shape index (κ2) is 8.30. The van der Waals surface area contributed by atoms with Crippen LogP contribution in [0.5, 0.6) is 11.5 Å². The van der Waals surface area contributed by atoms with Crippen molar-refractivity contribution in [3.63, 3.8) is 0 Å². The van der Waals surface area contributed by atoms with Gasteiger partial charge in [0.1, 0.15) is 0 Å². The van der Waals surface area contributed by atoms with Crippen LogP contribution in [0.2, 0.25) is 0 Å². The third-order valence-corrected chi connectivity index (χ3v) is 3.99. The molecule has 27 heavy (non-hydrogen) atoms. The van der Waals surface area contributed by atoms with Crippen LogP contribution in [0.3, 0.4) is 0 Å². The molecule has 144 valence electrons. The summed E-state index contributed by atoms with van der Waals surface area (Å²) in [7, 11) is 0. The van der Waals surface area contributed by atoms with E-state index in [1.165, 1.54) is 29.3 Å². The zero-order valence-electron chi connectivity index (χ0n) is 14.4. The Kier molecular flexibility index (Phi) is 5.85. The lowest BCUT2D eigenvalue weighted by atomic mass is 10.1. The maximum Gasteiger partial charge on any atom is 0.422 e. The van der Waals surface area contributed by atoms with Crippen LogP contribution in [-0.2, 0) is 24.4 Å². The van der Waals surface area contributed by atoms with Gasteiger partial charge in [0.05, 0.1) is 0 Å². The van der Waals surface area contributed by atoms with Crippen molar-refractivity contribution in [3.05, 3.63) is 59.2 Å². The van der Waals surface area contributed by atoms with E-state index in [0.29, 0.717) is 6.54 Å². The summed E-state index contributed by atoms with van der Waals surface area (Å²) in [6, 6.07) is 11.9. The highest BCUT2D eigenvalue weighted by Gasteiger charge is 2.29. The van der Waals surface area contributed by atoms with Crippen LogP contribution in [0.15, 0.2) is 42.5 Å². The van der Waals surface area contributed by atoms with Crippen LogP contribution in [-0.4, -0.2) is 25.3 Å². The summed E-state index contributed by atoms with van der Waals surface area (Å²) in [6.07, 6.45) is -4.45. The smallest absolute Gasteiger partial charge is 0.422 e. The van der Waals surface area contributed by atoms with E-state index in [9.17, 15) is 18.0 Å². The van der Waals surface area contributed by atoms with Crippen LogP contribution in [0.25, 0.3) is 0 Å². The molecular weight excluding hydrogens is 361 g/mol. The van der Waals surface area contributed by atoms with Gasteiger partial charge in [-0.1, -0.05) is 30.3 Å². The quantitative estimate of drug-likeness (QED) is 0.776. The first-order chi connectivity index (χ1) is 12.9. The Balaban J connectivity index is 1.49. The van der Waals surface area contributed by atoms with Crippen molar-refractivity contribution < 1.29 is 27.4 Å². The molecule has 2 N–H and O–H groups in total. The number of carbonyl (C=O) groups is 1. The predicted octanol–water partition coefficient (Wildman–Crippen LogP) is 2.93. The molecule has 2 aromatic carbocycles. The number of carbonyl (C=O) groups excluding carboxylic acids is 1. The van der Waals surface area contributed by atoms with Crippen LogP contribution in [0, 0.1) is 0 Å². The minimum Gasteiger partial charge on any atom is -0.480 e. The number of hydrogen-bond donors (Lipinski definition) is 2. The van der Waals surface area contributed by atoms with E-state index in [2.05, 4.69) is 10.6 Å². The van der Waals surface area contributed by atoms with Gasteiger partial charge in [0.2, 0.25) is 0 Å². The van der Waals surface area contributed by atoms with Crippen LogP contribution >= 0.6 is 0 Å². The van der Waals surface area contributed by atoms with Gasteiger partial charge in [0, 0.05) is 19.6 Å². The summed E-state index contributed by atoms with van der Waals surface area (Å²) < 4.78 is 46.9. The molecule has 0 saturated carbocycles. The van der Waals surface area contributed by atoms with Crippen molar-refractivity contribution in [1.82, 2.24) is 10.6 Å². The predicted molar refractivity (Wildman–Crippen MR) is 92.3 cm³/mol. The van der Waals surface area contributed by atoms with Crippen molar-refractivity contribution in [3.8, 4) is 11.5 Å². The fraction of sp³-hybridized carbons (Fsp3) is 0.316. The van der Waals surface area contributed by atoms with E-state index >= 15 is 0 Å². The van der Waals surface area contributed by atoms with Gasteiger partial charge < -0.3 is 20.1 Å². The maximum absolute atomic E-state index is 12.3. The largest absolute Gasteiger partial charge is 0.480 e. The Labute approximate surface area is 154 Å². The highest BCUT2D eigenvalue weighted by molar-refractivity contribution is 5.77. The fourth-order valence-electron chi connectivity index (χ4n) is 2.70. The Morgan fingerprint density at radius 3 is 2.48 bits per heavy atom. The second-order valence-corrected chi connectivity index (χ2v) is 6.12. The molecule has 0 atom stereocenters. The van der Waals surface area contributed by atoms with E-state index in [-0.39, 0.29) is 24.0 Å². The highest BCUT2D eigenvalue weighted by Crippen LogP contribution is 2.28. The van der Waals surface area contributed by atoms with Gasteiger partial charge in [0.15, 0.2) is 24.7 Å². The van der Waals surface area contributed by atoms with E-state index in [1.807, 2.05) is 18.2 Å². The molecule has 0 bridgehead atoms. The normalized spacial score (nSPS) is 13.1. The monoisotopic (exact) mass is 380 g/mol. The Hall–Kier alpha value is -2.74. The van der Waals surface area contributed by atoms with Gasteiger partial charge in [-0.25, -0.2) is 0 Å². The topological polar surface area (TPSA) is 59.6 Å². The third-order valence-electron chi connectivity index (χ3n) is 3.99. The zero-order valence-corrected chi connectivity index (χ0v) is 14.4. The Bertz CT molecular complexity index is 809. The minimum atomic E-state index is -4.45. The molecule has 2 aromatic rings. The molecule has 1 heterocycles. The number of hydrogen-bond acceptors (Lipinski definition) is 4. The van der Waals surface area contributed by atoms with Gasteiger partial charge in [-0.2, -0.15) is 13.2 Å². The van der Waals surface area contributed by atoms with Crippen molar-refractivity contribution in [2.24, 2.45) is 0 Å². The number of benzene rings is 2. The summed E-state index contributed by atoms with van der Waals surface area (Å²) >= 11 is 0. The molecular formula is C19H19F3N2O3. The second-order valence-electron chi connectivity index (χ2n) is 6.12. The molecule has 1 aliphatic rings. The van der Waals surface area contributed by atoms with Crippen LogP contribution < -0.4 is 20.1 Å². The number of amides is 1. The van der Waals surface area contributed by atoms with Gasteiger partial charge in [-0.3, -0.25) is 4.79 Å². The standard InChI is InChI=1S/C19H19F3N2O3/c20-19(21,22)12-27-17-4-2-1-3-16(17)26-11-18(25)24-8-13-5-6-14-9-23-10-15(14)7-13/h1-7,23H,8-12H2,(H,24,25). The number of ether oxygens (including phenoxy) is 2. The lowest BCUT2D eigenvalue weighted by Gasteiger charge is -2.14. The molecule has 5 nitrogen and oxygen atoms in total. The van der Waals surface area contributed by atoms with Crippen molar-refractivity contribution in [1.29, 1.82) is 0 Å². The molecule has 1 amide bonds. The van der Waals surface area contributed by atoms with E-state index < -0.39 is 12.8 Å². The first kappa shape index (κ1) is 19.0. The van der Waals surface area contributed by atoms with E-state index in [1.54, 1.807) is 6.07 Å². The van der Waals surface area contributed by atoms with E-state index in [0.717, 1.165) is 18.7 Å². The van der Waals surface area contributed by atoms with Crippen molar-refractivity contribution in [2.45, 2.75) is 25.8 Å². The Morgan fingerprint density at radius 2 is 1.74 bits per heavy atom. The van der Waals surface area contributed by atoms with E-state index in [4.69, 9.17) is 9.47 Å². The van der Waals surface area contributed by atoms with Crippen LogP contribution in [0.1, 0.15) is 16.7 Å². The summed E-state index contributed by atoms with van der Waals surface area (Å²) in [5, 5.41) is 5.98.